The second-order valence-electron chi connectivity index (χ2n) is 7.03. The van der Waals surface area contributed by atoms with Gasteiger partial charge in [-0.1, -0.05) is 6.92 Å². The summed E-state index contributed by atoms with van der Waals surface area (Å²) < 4.78 is 0. The highest BCUT2D eigenvalue weighted by atomic mass is 16.1. The Kier molecular flexibility index (Phi) is 4.00. The van der Waals surface area contributed by atoms with Crippen LogP contribution in [0.1, 0.15) is 37.4 Å². The summed E-state index contributed by atoms with van der Waals surface area (Å²) in [6.07, 6.45) is 5.31. The van der Waals surface area contributed by atoms with Crippen molar-refractivity contribution < 1.29 is 0 Å². The fraction of sp³-hybridized carbons (Fsp3) is 0.474. The summed E-state index contributed by atoms with van der Waals surface area (Å²) in [7, 11) is 0. The lowest BCUT2D eigenvalue weighted by atomic mass is 9.99. The Morgan fingerprint density at radius 1 is 1.17 bits per heavy atom. The molecule has 126 valence electrons. The molecule has 0 amide bonds. The van der Waals surface area contributed by atoms with Gasteiger partial charge in [0.15, 0.2) is 0 Å². The van der Waals surface area contributed by atoms with Crippen LogP contribution >= 0.6 is 0 Å². The van der Waals surface area contributed by atoms with Gasteiger partial charge >= 0.3 is 0 Å². The van der Waals surface area contributed by atoms with Gasteiger partial charge in [0.25, 0.3) is 5.56 Å². The highest BCUT2D eigenvalue weighted by Gasteiger charge is 2.18. The first-order chi connectivity index (χ1) is 11.7. The van der Waals surface area contributed by atoms with Crippen LogP contribution in [0.4, 0.5) is 17.3 Å². The molecule has 1 aliphatic carbocycles. The SMILES string of the molecule is CC1CCN(c2ccc(Nc3nc4c(c(=O)[nH]3)CCC4)cc2)CC1. The quantitative estimate of drug-likeness (QED) is 0.910. The van der Waals surface area contributed by atoms with Crippen LogP contribution in [0.25, 0.3) is 0 Å². The molecule has 2 heterocycles. The molecular weight excluding hydrogens is 300 g/mol. The highest BCUT2D eigenvalue weighted by molar-refractivity contribution is 5.59. The zero-order valence-corrected chi connectivity index (χ0v) is 14.1. The number of benzene rings is 1. The third-order valence-corrected chi connectivity index (χ3v) is 5.22. The number of H-pyrrole nitrogens is 1. The molecule has 2 N–H and O–H groups in total. The van der Waals surface area contributed by atoms with Crippen LogP contribution in [0, 0.1) is 5.92 Å². The molecule has 24 heavy (non-hydrogen) atoms. The Labute approximate surface area is 142 Å². The molecule has 1 aliphatic heterocycles. The number of nitrogens with one attached hydrogen (secondary N) is 2. The van der Waals surface area contributed by atoms with Crippen LogP contribution < -0.4 is 15.8 Å². The van der Waals surface area contributed by atoms with Crippen molar-refractivity contribution in [1.29, 1.82) is 0 Å². The first-order valence-corrected chi connectivity index (χ1v) is 8.93. The van der Waals surface area contributed by atoms with Crippen LogP contribution in [-0.4, -0.2) is 23.1 Å². The largest absolute Gasteiger partial charge is 0.372 e. The summed E-state index contributed by atoms with van der Waals surface area (Å²) in [5.41, 5.74) is 4.02. The maximum absolute atomic E-state index is 12.1. The third kappa shape index (κ3) is 3.03. The summed E-state index contributed by atoms with van der Waals surface area (Å²) >= 11 is 0. The van der Waals surface area contributed by atoms with Gasteiger partial charge in [-0.15, -0.1) is 0 Å². The van der Waals surface area contributed by atoms with E-state index in [1.54, 1.807) is 0 Å². The maximum Gasteiger partial charge on any atom is 0.255 e. The summed E-state index contributed by atoms with van der Waals surface area (Å²) in [6.45, 7) is 4.59. The molecule has 1 aromatic heterocycles. The molecule has 4 rings (SSSR count). The first-order valence-electron chi connectivity index (χ1n) is 8.93. The molecule has 2 aliphatic rings. The van der Waals surface area contributed by atoms with Crippen molar-refractivity contribution in [1.82, 2.24) is 9.97 Å². The second-order valence-corrected chi connectivity index (χ2v) is 7.03. The minimum Gasteiger partial charge on any atom is -0.372 e. The number of anilines is 3. The average molecular weight is 324 g/mol. The standard InChI is InChI=1S/C19H24N4O/c1-13-9-11-23(12-10-13)15-7-5-14(6-8-15)20-19-21-17-4-2-3-16(17)18(24)22-19/h5-8,13H,2-4,9-12H2,1H3,(H2,20,21,22,24). The normalized spacial score (nSPS) is 17.8. The summed E-state index contributed by atoms with van der Waals surface area (Å²) in [4.78, 5) is 21.9. The molecule has 1 fully saturated rings. The number of hydrogen-bond donors (Lipinski definition) is 2. The van der Waals surface area contributed by atoms with Gasteiger partial charge in [-0.3, -0.25) is 9.78 Å². The van der Waals surface area contributed by atoms with E-state index in [1.807, 2.05) is 0 Å². The predicted octanol–water partition coefficient (Wildman–Crippen LogP) is 3.24. The summed E-state index contributed by atoms with van der Waals surface area (Å²) in [5, 5.41) is 3.23. The number of rotatable bonds is 3. The van der Waals surface area contributed by atoms with Gasteiger partial charge in [-0.25, -0.2) is 4.98 Å². The number of hydrogen-bond acceptors (Lipinski definition) is 4. The van der Waals surface area contributed by atoms with Crippen molar-refractivity contribution in [3.8, 4) is 0 Å². The lowest BCUT2D eigenvalue weighted by Gasteiger charge is -2.32. The predicted molar refractivity (Wildman–Crippen MR) is 97.2 cm³/mol. The van der Waals surface area contributed by atoms with Crippen LogP contribution in [-0.2, 0) is 12.8 Å². The van der Waals surface area contributed by atoms with Crippen molar-refractivity contribution in [3.63, 3.8) is 0 Å². The molecule has 0 saturated carbocycles. The lowest BCUT2D eigenvalue weighted by molar-refractivity contribution is 0.438. The van der Waals surface area contributed by atoms with E-state index in [0.717, 1.165) is 55.2 Å². The minimum absolute atomic E-state index is 0.000873. The zero-order valence-electron chi connectivity index (χ0n) is 14.1. The maximum atomic E-state index is 12.1. The van der Waals surface area contributed by atoms with Gasteiger partial charge in [-0.05, 0) is 62.3 Å². The number of aromatic amines is 1. The van der Waals surface area contributed by atoms with E-state index in [2.05, 4.69) is 51.4 Å². The molecule has 0 atom stereocenters. The average Bonchev–Trinajstić information content (AvgIpc) is 3.05. The Morgan fingerprint density at radius 2 is 1.92 bits per heavy atom. The molecule has 2 aromatic rings. The summed E-state index contributed by atoms with van der Waals surface area (Å²) in [6, 6.07) is 8.40. The van der Waals surface area contributed by atoms with Gasteiger partial charge in [0.1, 0.15) is 0 Å². The second kappa shape index (κ2) is 6.30. The van der Waals surface area contributed by atoms with Gasteiger partial charge < -0.3 is 10.2 Å². The van der Waals surface area contributed by atoms with Gasteiger partial charge in [0, 0.05) is 30.0 Å². The zero-order chi connectivity index (χ0) is 16.5. The van der Waals surface area contributed by atoms with Gasteiger partial charge in [0.2, 0.25) is 5.95 Å². The Balaban J connectivity index is 1.48. The van der Waals surface area contributed by atoms with Crippen LogP contribution in [0.5, 0.6) is 0 Å². The molecular formula is C19H24N4O. The monoisotopic (exact) mass is 324 g/mol. The molecule has 0 radical (unpaired) electrons. The van der Waals surface area contributed by atoms with E-state index >= 15 is 0 Å². The lowest BCUT2D eigenvalue weighted by Crippen LogP contribution is -2.32. The van der Waals surface area contributed by atoms with Crippen molar-refractivity contribution in [2.45, 2.75) is 39.0 Å². The molecule has 1 saturated heterocycles. The van der Waals surface area contributed by atoms with Crippen LogP contribution in [0.15, 0.2) is 29.1 Å². The molecule has 1 aromatic carbocycles. The molecule has 0 unspecified atom stereocenters. The number of piperidine rings is 1. The van der Waals surface area contributed by atoms with E-state index < -0.39 is 0 Å². The Hall–Kier alpha value is -2.30. The van der Waals surface area contributed by atoms with E-state index in [-0.39, 0.29) is 5.56 Å². The van der Waals surface area contributed by atoms with E-state index in [0.29, 0.717) is 5.95 Å². The number of aryl methyl sites for hydroxylation is 1. The summed E-state index contributed by atoms with van der Waals surface area (Å²) in [5.74, 6) is 1.38. The van der Waals surface area contributed by atoms with Gasteiger partial charge in [-0.2, -0.15) is 0 Å². The van der Waals surface area contributed by atoms with Crippen molar-refractivity contribution in [2.75, 3.05) is 23.3 Å². The first kappa shape index (κ1) is 15.2. The number of fused-ring (bicyclic) bond motifs is 1. The highest BCUT2D eigenvalue weighted by Crippen LogP contribution is 2.25. The van der Waals surface area contributed by atoms with E-state index in [1.165, 1.54) is 18.5 Å². The van der Waals surface area contributed by atoms with Gasteiger partial charge in [0.05, 0.1) is 5.69 Å². The topological polar surface area (TPSA) is 61.0 Å². The van der Waals surface area contributed by atoms with E-state index in [4.69, 9.17) is 0 Å². The molecule has 5 heteroatoms. The molecule has 0 spiro atoms. The molecule has 0 bridgehead atoms. The van der Waals surface area contributed by atoms with E-state index in [9.17, 15) is 4.79 Å². The fourth-order valence-corrected chi connectivity index (χ4v) is 3.66. The smallest absolute Gasteiger partial charge is 0.255 e. The number of aromatic nitrogens is 2. The fourth-order valence-electron chi connectivity index (χ4n) is 3.66. The van der Waals surface area contributed by atoms with Crippen molar-refractivity contribution in [2.24, 2.45) is 5.92 Å². The van der Waals surface area contributed by atoms with Crippen molar-refractivity contribution >= 4 is 17.3 Å². The molecule has 5 nitrogen and oxygen atoms in total. The third-order valence-electron chi connectivity index (χ3n) is 5.22. The Morgan fingerprint density at radius 3 is 2.67 bits per heavy atom. The number of nitrogens with zero attached hydrogens (tertiary/aromatic N) is 2. The Bertz CT molecular complexity index is 773. The minimum atomic E-state index is -0.000873. The van der Waals surface area contributed by atoms with Crippen LogP contribution in [0.2, 0.25) is 0 Å². The van der Waals surface area contributed by atoms with Crippen LogP contribution in [0.3, 0.4) is 0 Å². The van der Waals surface area contributed by atoms with Crippen molar-refractivity contribution in [3.05, 3.63) is 45.9 Å².